The van der Waals surface area contributed by atoms with Crippen molar-refractivity contribution in [2.24, 2.45) is 10.2 Å². The fraction of sp³-hybridized carbons (Fsp3) is 0.222. The van der Waals surface area contributed by atoms with E-state index in [1.807, 2.05) is 6.07 Å². The second kappa shape index (κ2) is 5.07. The zero-order chi connectivity index (χ0) is 12.2. The molecule has 0 aliphatic carbocycles. The molecule has 3 nitrogen and oxygen atoms in total. The van der Waals surface area contributed by atoms with Crippen LogP contribution in [0.4, 0.5) is 18.9 Å². The molecule has 1 unspecified atom stereocenters. The standard InChI is InChI=1S/C9H5BrF3N3/c10-8(9(11,12)13)16-15-7-3-1-2-6(4-7)5-14/h1-4,8H. The van der Waals surface area contributed by atoms with Crippen molar-refractivity contribution in [3.8, 4) is 6.07 Å². The van der Waals surface area contributed by atoms with E-state index in [1.165, 1.54) is 24.3 Å². The minimum absolute atomic E-state index is 0.202. The molecule has 0 aliphatic rings. The number of halogens is 4. The van der Waals surface area contributed by atoms with Gasteiger partial charge in [-0.05, 0) is 18.2 Å². The first-order valence-corrected chi connectivity index (χ1v) is 4.97. The summed E-state index contributed by atoms with van der Waals surface area (Å²) in [7, 11) is 0. The van der Waals surface area contributed by atoms with E-state index in [-0.39, 0.29) is 5.69 Å². The summed E-state index contributed by atoms with van der Waals surface area (Å²) in [6, 6.07) is 7.70. The molecule has 16 heavy (non-hydrogen) atoms. The van der Waals surface area contributed by atoms with Gasteiger partial charge in [0, 0.05) is 0 Å². The first-order valence-electron chi connectivity index (χ1n) is 4.05. The molecule has 0 saturated heterocycles. The Balaban J connectivity index is 2.81. The molecular weight excluding hydrogens is 287 g/mol. The summed E-state index contributed by atoms with van der Waals surface area (Å²) in [6.45, 7) is 0. The van der Waals surface area contributed by atoms with Gasteiger partial charge < -0.3 is 0 Å². The third-order valence-corrected chi connectivity index (χ3v) is 2.22. The van der Waals surface area contributed by atoms with Crippen molar-refractivity contribution in [3.63, 3.8) is 0 Å². The minimum atomic E-state index is -4.48. The highest BCUT2D eigenvalue weighted by Crippen LogP contribution is 2.28. The molecule has 0 spiro atoms. The summed E-state index contributed by atoms with van der Waals surface area (Å²) in [6.07, 6.45) is -4.48. The topological polar surface area (TPSA) is 48.5 Å². The minimum Gasteiger partial charge on any atom is -0.192 e. The van der Waals surface area contributed by atoms with E-state index in [0.717, 1.165) is 0 Å². The van der Waals surface area contributed by atoms with Crippen molar-refractivity contribution < 1.29 is 13.2 Å². The van der Waals surface area contributed by atoms with Gasteiger partial charge in [0.1, 0.15) is 0 Å². The van der Waals surface area contributed by atoms with E-state index >= 15 is 0 Å². The average Bonchev–Trinajstić information content (AvgIpc) is 2.25. The van der Waals surface area contributed by atoms with Crippen LogP contribution in [0.2, 0.25) is 0 Å². The summed E-state index contributed by atoms with van der Waals surface area (Å²) < 4.78 is 36.1. The molecule has 0 amide bonds. The first kappa shape index (κ1) is 12.6. The second-order valence-electron chi connectivity index (χ2n) is 2.76. The molecule has 0 radical (unpaired) electrons. The first-order chi connectivity index (χ1) is 7.43. The summed E-state index contributed by atoms with van der Waals surface area (Å²) in [5, 5.41) is 15.0. The number of nitriles is 1. The van der Waals surface area contributed by atoms with Crippen LogP contribution in [0.25, 0.3) is 0 Å². The lowest BCUT2D eigenvalue weighted by Crippen LogP contribution is -2.19. The van der Waals surface area contributed by atoms with E-state index in [2.05, 4.69) is 26.2 Å². The number of benzene rings is 1. The van der Waals surface area contributed by atoms with Gasteiger partial charge in [-0.1, -0.05) is 22.0 Å². The van der Waals surface area contributed by atoms with Crippen molar-refractivity contribution in [1.82, 2.24) is 0 Å². The Bertz CT molecular complexity index is 436. The smallest absolute Gasteiger partial charge is 0.192 e. The number of hydrogen-bond donors (Lipinski definition) is 0. The highest BCUT2D eigenvalue weighted by molar-refractivity contribution is 9.09. The quantitative estimate of drug-likeness (QED) is 0.463. The molecule has 0 aliphatic heterocycles. The Morgan fingerprint density at radius 1 is 1.38 bits per heavy atom. The van der Waals surface area contributed by atoms with Crippen LogP contribution < -0.4 is 0 Å². The van der Waals surface area contributed by atoms with Gasteiger partial charge >= 0.3 is 6.18 Å². The summed E-state index contributed by atoms with van der Waals surface area (Å²) in [4.78, 5) is -2.04. The maximum Gasteiger partial charge on any atom is 0.422 e. The largest absolute Gasteiger partial charge is 0.422 e. The normalized spacial score (nSPS) is 13.7. The van der Waals surface area contributed by atoms with Gasteiger partial charge in [0.25, 0.3) is 0 Å². The van der Waals surface area contributed by atoms with Gasteiger partial charge in [0.2, 0.25) is 4.95 Å². The fourth-order valence-corrected chi connectivity index (χ4v) is 0.912. The molecule has 0 saturated carbocycles. The van der Waals surface area contributed by atoms with Crippen LogP contribution in [0, 0.1) is 11.3 Å². The van der Waals surface area contributed by atoms with Crippen LogP contribution in [0.5, 0.6) is 0 Å². The third-order valence-electron chi connectivity index (χ3n) is 1.52. The summed E-state index contributed by atoms with van der Waals surface area (Å²) in [5.74, 6) is 0. The molecule has 0 N–H and O–H groups in total. The summed E-state index contributed by atoms with van der Waals surface area (Å²) >= 11 is 2.34. The number of rotatable bonds is 2. The van der Waals surface area contributed by atoms with E-state index in [4.69, 9.17) is 5.26 Å². The zero-order valence-corrected chi connectivity index (χ0v) is 9.33. The molecule has 1 rings (SSSR count). The molecule has 7 heteroatoms. The van der Waals surface area contributed by atoms with Crippen LogP contribution in [-0.2, 0) is 0 Å². The lowest BCUT2D eigenvalue weighted by molar-refractivity contribution is -0.126. The van der Waals surface area contributed by atoms with Crippen molar-refractivity contribution in [2.45, 2.75) is 11.1 Å². The van der Waals surface area contributed by atoms with Crippen LogP contribution in [0.15, 0.2) is 34.5 Å². The third kappa shape index (κ3) is 3.62. The Morgan fingerprint density at radius 3 is 2.62 bits per heavy atom. The molecule has 1 atom stereocenters. The molecule has 0 fully saturated rings. The molecule has 0 heterocycles. The monoisotopic (exact) mass is 291 g/mol. The molecular formula is C9H5BrF3N3. The maximum atomic E-state index is 12.0. The fourth-order valence-electron chi connectivity index (χ4n) is 0.820. The van der Waals surface area contributed by atoms with Gasteiger partial charge in [-0.25, -0.2) is 0 Å². The van der Waals surface area contributed by atoms with Gasteiger partial charge in [0.15, 0.2) is 0 Å². The predicted octanol–water partition coefficient (Wildman–Crippen LogP) is 3.93. The van der Waals surface area contributed by atoms with Gasteiger partial charge in [-0.3, -0.25) is 0 Å². The second-order valence-corrected chi connectivity index (χ2v) is 3.62. The van der Waals surface area contributed by atoms with Crippen LogP contribution in [0.3, 0.4) is 0 Å². The summed E-state index contributed by atoms with van der Waals surface area (Å²) in [5.41, 5.74) is 0.516. The van der Waals surface area contributed by atoms with Crippen molar-refractivity contribution >= 4 is 21.6 Å². The van der Waals surface area contributed by atoms with Crippen molar-refractivity contribution in [2.75, 3.05) is 0 Å². The van der Waals surface area contributed by atoms with Crippen LogP contribution >= 0.6 is 15.9 Å². The number of azo groups is 1. The van der Waals surface area contributed by atoms with Crippen molar-refractivity contribution in [3.05, 3.63) is 29.8 Å². The molecule has 84 valence electrons. The Morgan fingerprint density at radius 2 is 2.06 bits per heavy atom. The van der Waals surface area contributed by atoms with Gasteiger partial charge in [-0.2, -0.15) is 28.7 Å². The maximum absolute atomic E-state index is 12.0. The zero-order valence-electron chi connectivity index (χ0n) is 7.74. The lowest BCUT2D eigenvalue weighted by atomic mass is 10.2. The predicted molar refractivity (Wildman–Crippen MR) is 54.4 cm³/mol. The highest BCUT2D eigenvalue weighted by Gasteiger charge is 2.38. The highest BCUT2D eigenvalue weighted by atomic mass is 79.9. The van der Waals surface area contributed by atoms with Gasteiger partial charge in [-0.15, -0.1) is 0 Å². The molecule has 1 aromatic carbocycles. The van der Waals surface area contributed by atoms with E-state index in [0.29, 0.717) is 5.56 Å². The number of nitrogens with zero attached hydrogens (tertiary/aromatic N) is 3. The van der Waals surface area contributed by atoms with E-state index in [9.17, 15) is 13.2 Å². The van der Waals surface area contributed by atoms with Gasteiger partial charge in [0.05, 0.1) is 17.3 Å². The number of alkyl halides is 4. The molecule has 0 aromatic heterocycles. The molecule has 0 bridgehead atoms. The average molecular weight is 292 g/mol. The van der Waals surface area contributed by atoms with E-state index in [1.54, 1.807) is 0 Å². The Labute approximate surface area is 97.7 Å². The van der Waals surface area contributed by atoms with E-state index < -0.39 is 11.1 Å². The van der Waals surface area contributed by atoms with Crippen molar-refractivity contribution in [1.29, 1.82) is 5.26 Å². The Hall–Kier alpha value is -1.42. The lowest BCUT2D eigenvalue weighted by Gasteiger charge is -2.07. The molecule has 1 aromatic rings. The van der Waals surface area contributed by atoms with Crippen LogP contribution in [-0.4, -0.2) is 11.1 Å². The SMILES string of the molecule is N#Cc1cccc(N=NC(Br)C(F)(F)F)c1. The number of hydrogen-bond acceptors (Lipinski definition) is 3. The Kier molecular flexibility index (Phi) is 4.01. The van der Waals surface area contributed by atoms with Crippen LogP contribution in [0.1, 0.15) is 5.56 Å².